The highest BCUT2D eigenvalue weighted by atomic mass is 14.8. The molecule has 0 heterocycles. The Morgan fingerprint density at radius 3 is 2.27 bits per heavy atom. The van der Waals surface area contributed by atoms with E-state index in [-0.39, 0.29) is 0 Å². The molecule has 0 N–H and O–H groups in total. The van der Waals surface area contributed by atoms with Crippen LogP contribution in [0.25, 0.3) is 0 Å². The first-order valence-corrected chi connectivity index (χ1v) is 10.2. The average Bonchev–Trinajstić information content (AvgIpc) is 3.07. The molecule has 4 aliphatic rings. The molecule has 0 aliphatic heterocycles. The maximum absolute atomic E-state index is 2.61. The predicted molar refractivity (Wildman–Crippen MR) is 94.5 cm³/mol. The van der Waals surface area contributed by atoms with Crippen LogP contribution in [0.15, 0.2) is 0 Å². The van der Waals surface area contributed by atoms with Crippen LogP contribution < -0.4 is 0 Å². The van der Waals surface area contributed by atoms with E-state index < -0.39 is 0 Å². The van der Waals surface area contributed by atoms with Crippen LogP contribution >= 0.6 is 0 Å². The summed E-state index contributed by atoms with van der Waals surface area (Å²) in [7, 11) is 0. The van der Waals surface area contributed by atoms with Crippen molar-refractivity contribution in [1.29, 1.82) is 0 Å². The van der Waals surface area contributed by atoms with E-state index in [1.807, 2.05) is 0 Å². The average molecular weight is 303 g/mol. The SMILES string of the molecule is CC1C2C3C1C(C)C(C)(C)C(CC[C@@H]1CCCC(C)(C)C1)C23. The fraction of sp³-hybridized carbons (Fsp3) is 1.00. The molecule has 0 saturated heterocycles. The lowest BCUT2D eigenvalue weighted by atomic mass is 9.55. The van der Waals surface area contributed by atoms with Gasteiger partial charge in [-0.3, -0.25) is 0 Å². The summed E-state index contributed by atoms with van der Waals surface area (Å²) in [5.41, 5.74) is 1.21. The summed E-state index contributed by atoms with van der Waals surface area (Å²) < 4.78 is 0. The lowest BCUT2D eigenvalue weighted by molar-refractivity contribution is -0.0220. The van der Waals surface area contributed by atoms with Crippen molar-refractivity contribution in [3.8, 4) is 0 Å². The molecule has 0 radical (unpaired) electrons. The minimum Gasteiger partial charge on any atom is -0.0619 e. The van der Waals surface area contributed by atoms with Crippen molar-refractivity contribution in [2.75, 3.05) is 0 Å². The van der Waals surface area contributed by atoms with Gasteiger partial charge >= 0.3 is 0 Å². The van der Waals surface area contributed by atoms with E-state index in [2.05, 4.69) is 41.5 Å². The van der Waals surface area contributed by atoms with E-state index in [1.54, 1.807) is 0 Å². The summed E-state index contributed by atoms with van der Waals surface area (Å²) in [4.78, 5) is 0. The molecule has 0 spiro atoms. The normalized spacial score (nSPS) is 54.3. The van der Waals surface area contributed by atoms with Gasteiger partial charge < -0.3 is 0 Å². The molecular formula is C22H38. The van der Waals surface area contributed by atoms with Gasteiger partial charge in [-0.2, -0.15) is 0 Å². The molecule has 4 fully saturated rings. The first kappa shape index (κ1) is 15.5. The molecule has 0 amide bonds. The highest BCUT2D eigenvalue weighted by Gasteiger charge is 2.75. The lowest BCUT2D eigenvalue weighted by Crippen LogP contribution is -2.45. The summed E-state index contributed by atoms with van der Waals surface area (Å²) in [6.07, 6.45) is 9.01. The second-order valence-corrected chi connectivity index (χ2v) is 11.1. The van der Waals surface area contributed by atoms with Crippen molar-refractivity contribution in [3.05, 3.63) is 0 Å². The second kappa shape index (κ2) is 4.76. The first-order chi connectivity index (χ1) is 10.2. The van der Waals surface area contributed by atoms with Crippen molar-refractivity contribution in [3.63, 3.8) is 0 Å². The summed E-state index contributed by atoms with van der Waals surface area (Å²) in [6, 6.07) is 0. The van der Waals surface area contributed by atoms with E-state index in [0.29, 0.717) is 10.8 Å². The number of hydrogen-bond acceptors (Lipinski definition) is 0. The van der Waals surface area contributed by atoms with Crippen molar-refractivity contribution >= 4 is 0 Å². The molecule has 4 rings (SSSR count). The van der Waals surface area contributed by atoms with Crippen LogP contribution in [0.2, 0.25) is 0 Å². The minimum absolute atomic E-state index is 0.593. The van der Waals surface area contributed by atoms with Crippen molar-refractivity contribution < 1.29 is 0 Å². The molecule has 0 bridgehead atoms. The van der Waals surface area contributed by atoms with E-state index >= 15 is 0 Å². The second-order valence-electron chi connectivity index (χ2n) is 11.1. The third kappa shape index (κ3) is 2.07. The quantitative estimate of drug-likeness (QED) is 0.565. The highest BCUT2D eigenvalue weighted by molar-refractivity contribution is 5.22. The lowest BCUT2D eigenvalue weighted by Gasteiger charge is -2.50. The number of hydrogen-bond donors (Lipinski definition) is 0. The zero-order chi connectivity index (χ0) is 15.9. The predicted octanol–water partition coefficient (Wildman–Crippen LogP) is 6.40. The Bertz CT molecular complexity index is 445. The first-order valence-electron chi connectivity index (χ1n) is 10.2. The van der Waals surface area contributed by atoms with Gasteiger partial charge in [-0.25, -0.2) is 0 Å². The summed E-state index contributed by atoms with van der Waals surface area (Å²) in [5.74, 6) is 8.56. The largest absolute Gasteiger partial charge is 0.0619 e. The van der Waals surface area contributed by atoms with E-state index in [1.165, 1.54) is 38.5 Å². The van der Waals surface area contributed by atoms with Crippen LogP contribution in [0, 0.1) is 58.2 Å². The standard InChI is InChI=1S/C22H38/c1-13-17-14(2)22(5,6)16(19-18(13)20(17)19)10-9-15-8-7-11-21(3,4)12-15/h13-20H,7-12H2,1-6H3/t13?,14?,15-,16?,17?,18?,19?,20?/m0/s1. The van der Waals surface area contributed by atoms with Gasteiger partial charge in [0.1, 0.15) is 0 Å². The highest BCUT2D eigenvalue weighted by Crippen LogP contribution is 2.79. The molecule has 22 heavy (non-hydrogen) atoms. The molecule has 0 nitrogen and oxygen atoms in total. The zero-order valence-corrected chi connectivity index (χ0v) is 15.9. The van der Waals surface area contributed by atoms with Crippen molar-refractivity contribution in [2.24, 2.45) is 58.2 Å². The molecule has 126 valence electrons. The molecule has 4 aliphatic carbocycles. The van der Waals surface area contributed by atoms with E-state index in [9.17, 15) is 0 Å². The van der Waals surface area contributed by atoms with Crippen LogP contribution in [0.4, 0.5) is 0 Å². The molecule has 0 heteroatoms. The summed E-state index contributed by atoms with van der Waals surface area (Å²) >= 11 is 0. The smallest absolute Gasteiger partial charge is 0.0295 e. The van der Waals surface area contributed by atoms with Crippen LogP contribution in [-0.4, -0.2) is 0 Å². The minimum atomic E-state index is 0.593. The van der Waals surface area contributed by atoms with Crippen LogP contribution in [0.1, 0.15) is 80.1 Å². The van der Waals surface area contributed by atoms with Gasteiger partial charge in [-0.05, 0) is 77.4 Å². The van der Waals surface area contributed by atoms with E-state index in [4.69, 9.17) is 0 Å². The van der Waals surface area contributed by atoms with Crippen molar-refractivity contribution in [2.45, 2.75) is 80.1 Å². The molecule has 4 saturated carbocycles. The van der Waals surface area contributed by atoms with Gasteiger partial charge in [0.15, 0.2) is 0 Å². The van der Waals surface area contributed by atoms with Gasteiger partial charge in [0.05, 0.1) is 0 Å². The summed E-state index contributed by atoms with van der Waals surface area (Å²) in [6.45, 7) is 15.4. The number of fused-ring (bicyclic) bond motifs is 1. The molecule has 7 unspecified atom stereocenters. The van der Waals surface area contributed by atoms with Crippen LogP contribution in [0.5, 0.6) is 0 Å². The molecular weight excluding hydrogens is 264 g/mol. The van der Waals surface area contributed by atoms with Gasteiger partial charge in [0, 0.05) is 0 Å². The van der Waals surface area contributed by atoms with Gasteiger partial charge in [0.25, 0.3) is 0 Å². The van der Waals surface area contributed by atoms with Crippen LogP contribution in [-0.2, 0) is 0 Å². The Kier molecular flexibility index (Phi) is 3.36. The molecule has 0 aromatic heterocycles. The number of rotatable bonds is 3. The maximum Gasteiger partial charge on any atom is -0.0295 e. The fourth-order valence-corrected chi connectivity index (χ4v) is 7.80. The van der Waals surface area contributed by atoms with Gasteiger partial charge in [-0.15, -0.1) is 0 Å². The molecule has 8 atom stereocenters. The Balaban J connectivity index is 1.42. The summed E-state index contributed by atoms with van der Waals surface area (Å²) in [5, 5.41) is 0. The zero-order valence-electron chi connectivity index (χ0n) is 15.9. The van der Waals surface area contributed by atoms with E-state index in [0.717, 1.165) is 47.3 Å². The Morgan fingerprint density at radius 1 is 0.864 bits per heavy atom. The molecule has 0 aromatic rings. The topological polar surface area (TPSA) is 0 Å². The third-order valence-corrected chi connectivity index (χ3v) is 9.22. The molecule has 0 aromatic carbocycles. The Hall–Kier alpha value is 0. The van der Waals surface area contributed by atoms with Gasteiger partial charge in [-0.1, -0.05) is 60.8 Å². The fourth-order valence-electron chi connectivity index (χ4n) is 7.80. The monoisotopic (exact) mass is 302 g/mol. The van der Waals surface area contributed by atoms with Gasteiger partial charge in [0.2, 0.25) is 0 Å². The van der Waals surface area contributed by atoms with Crippen molar-refractivity contribution in [1.82, 2.24) is 0 Å². The Morgan fingerprint density at radius 2 is 1.59 bits per heavy atom. The third-order valence-electron chi connectivity index (χ3n) is 9.22. The Labute approximate surface area is 138 Å². The maximum atomic E-state index is 2.61. The van der Waals surface area contributed by atoms with Crippen LogP contribution in [0.3, 0.4) is 0 Å².